The Morgan fingerprint density at radius 3 is 1.95 bits per heavy atom. The summed E-state index contributed by atoms with van der Waals surface area (Å²) in [6.07, 6.45) is 9.58. The second kappa shape index (κ2) is 21.9. The molecule has 2 aliphatic rings. The monoisotopic (exact) mass is 880 g/mol. The highest BCUT2D eigenvalue weighted by atomic mass is 35.5. The largest absolute Gasteiger partial charge is 0.461 e. The third-order valence-electron chi connectivity index (χ3n) is 12.5. The van der Waals surface area contributed by atoms with E-state index in [1.54, 1.807) is 6.07 Å². The number of fused-ring (bicyclic) bond motifs is 3. The van der Waals surface area contributed by atoms with Crippen molar-refractivity contribution in [2.24, 2.45) is 0 Å². The van der Waals surface area contributed by atoms with Gasteiger partial charge in [0.2, 0.25) is 5.91 Å². The van der Waals surface area contributed by atoms with E-state index >= 15 is 0 Å². The van der Waals surface area contributed by atoms with Crippen molar-refractivity contribution in [2.75, 3.05) is 26.8 Å². The minimum Gasteiger partial charge on any atom is -0.461 e. The minimum absolute atomic E-state index is 0.00330. The van der Waals surface area contributed by atoms with Crippen molar-refractivity contribution in [1.29, 1.82) is 0 Å². The van der Waals surface area contributed by atoms with Gasteiger partial charge < -0.3 is 24.4 Å². The Hall–Kier alpha value is -6.19. The Balaban J connectivity index is 1.18. The van der Waals surface area contributed by atoms with E-state index in [0.29, 0.717) is 27.6 Å². The molecule has 5 aromatic carbocycles. The van der Waals surface area contributed by atoms with E-state index < -0.39 is 42.0 Å². The van der Waals surface area contributed by atoms with Crippen LogP contribution in [0.3, 0.4) is 0 Å². The predicted molar refractivity (Wildman–Crippen MR) is 250 cm³/mol. The van der Waals surface area contributed by atoms with Crippen LogP contribution in [-0.4, -0.2) is 61.7 Å². The molecule has 0 aromatic heterocycles. The first-order chi connectivity index (χ1) is 31.2. The van der Waals surface area contributed by atoms with Gasteiger partial charge >= 0.3 is 18.0 Å². The number of rotatable bonds is 16. The lowest BCUT2D eigenvalue weighted by molar-refractivity contribution is -0.156. The highest BCUT2D eigenvalue weighted by Gasteiger charge is 2.43. The van der Waals surface area contributed by atoms with Gasteiger partial charge in [-0.05, 0) is 52.6 Å². The average Bonchev–Trinajstić information content (AvgIpc) is 3.71. The van der Waals surface area contributed by atoms with E-state index in [4.69, 9.17) is 25.8 Å². The Labute approximate surface area is 381 Å². The second-order valence-electron chi connectivity index (χ2n) is 16.7. The van der Waals surface area contributed by atoms with E-state index in [1.807, 2.05) is 109 Å². The van der Waals surface area contributed by atoms with Crippen molar-refractivity contribution in [3.8, 4) is 11.1 Å². The zero-order chi connectivity index (χ0) is 44.9. The summed E-state index contributed by atoms with van der Waals surface area (Å²) >= 11 is 7.04. The van der Waals surface area contributed by atoms with Gasteiger partial charge in [0, 0.05) is 41.2 Å². The molecule has 2 atom stereocenters. The third kappa shape index (κ3) is 10.8. The van der Waals surface area contributed by atoms with E-state index in [9.17, 15) is 19.2 Å². The maximum Gasteiger partial charge on any atom is 0.407 e. The van der Waals surface area contributed by atoms with Gasteiger partial charge in [-0.2, -0.15) is 0 Å². The molecule has 1 fully saturated rings. The number of alkyl carbamates (subject to hydrolysis) is 1. The maximum atomic E-state index is 14.7. The molecule has 0 heterocycles. The van der Waals surface area contributed by atoms with Crippen molar-refractivity contribution in [3.63, 3.8) is 0 Å². The number of nitrogens with zero attached hydrogens (tertiary/aromatic N) is 1. The SMILES string of the molecule is C=CCOC(=O)CCN(C)C(=O)[C@H](CC(=O)OC(c1ccccc1)(c1ccc(C2CCCCCCCC2)cc1)c1ccccc1Cl)NC(=O)OCC1c2ccccc2-c2ccccc21. The molecule has 0 spiro atoms. The van der Waals surface area contributed by atoms with Crippen LogP contribution in [0.2, 0.25) is 5.02 Å². The van der Waals surface area contributed by atoms with Gasteiger partial charge in [0.15, 0.2) is 5.60 Å². The number of carbonyl (C=O) groups excluding carboxylic acids is 4. The summed E-state index contributed by atoms with van der Waals surface area (Å²) in [7, 11) is 1.50. The number of nitrogens with one attached hydrogen (secondary N) is 1. The van der Waals surface area contributed by atoms with Gasteiger partial charge in [0.25, 0.3) is 0 Å². The van der Waals surface area contributed by atoms with Crippen LogP contribution in [-0.2, 0) is 34.2 Å². The number of ether oxygens (including phenoxy) is 3. The van der Waals surface area contributed by atoms with E-state index in [-0.39, 0.29) is 32.1 Å². The molecule has 9 nitrogen and oxygen atoms in total. The lowest BCUT2D eigenvalue weighted by atomic mass is 9.78. The Kier molecular flexibility index (Phi) is 15.7. The van der Waals surface area contributed by atoms with Crippen molar-refractivity contribution in [2.45, 2.75) is 87.7 Å². The number of likely N-dealkylation sites (N-methyl/N-ethyl adjacent to an activating group) is 1. The van der Waals surface area contributed by atoms with Crippen LogP contribution in [0.4, 0.5) is 4.79 Å². The zero-order valence-electron chi connectivity index (χ0n) is 36.5. The quantitative estimate of drug-likeness (QED) is 0.0455. The fourth-order valence-corrected chi connectivity index (χ4v) is 9.52. The summed E-state index contributed by atoms with van der Waals surface area (Å²) in [5.74, 6) is -1.72. The molecule has 332 valence electrons. The number of esters is 2. The minimum atomic E-state index is -1.55. The molecule has 0 saturated heterocycles. The number of carbonyl (C=O) groups is 4. The number of halogens is 1. The van der Waals surface area contributed by atoms with Gasteiger partial charge in [-0.15, -0.1) is 0 Å². The number of benzene rings is 5. The molecule has 0 bridgehead atoms. The molecule has 0 radical (unpaired) electrons. The summed E-state index contributed by atoms with van der Waals surface area (Å²) in [4.78, 5) is 56.5. The van der Waals surface area contributed by atoms with Gasteiger partial charge in [-0.25, -0.2) is 4.79 Å². The molecule has 2 aliphatic carbocycles. The van der Waals surface area contributed by atoms with Gasteiger partial charge in [-0.1, -0.05) is 184 Å². The van der Waals surface area contributed by atoms with E-state index in [0.717, 1.165) is 35.1 Å². The Morgan fingerprint density at radius 2 is 1.31 bits per heavy atom. The lowest BCUT2D eigenvalue weighted by Crippen LogP contribution is -2.50. The first-order valence-electron chi connectivity index (χ1n) is 22.5. The number of hydrogen-bond donors (Lipinski definition) is 1. The van der Waals surface area contributed by atoms with Gasteiger partial charge in [-0.3, -0.25) is 14.4 Å². The first-order valence-corrected chi connectivity index (χ1v) is 22.8. The van der Waals surface area contributed by atoms with Gasteiger partial charge in [0.05, 0.1) is 12.8 Å². The third-order valence-corrected chi connectivity index (χ3v) is 12.9. The number of amides is 2. The standard InChI is InChI=1S/C54H57ClN2O7/c1-3-35-62-50(58)33-34-57(2)52(60)49(56-53(61)63-37-46-44-25-15-13-23-42(44)43-24-14-16-26-45(43)46)36-51(59)64-54(40-21-11-8-12-22-40,47-27-17-18-28-48(47)55)41-31-29-39(30-32-41)38-19-9-6-4-5-7-10-20-38/h3,8,11-18,21-32,38,46,49H,1,4-7,9-10,19-20,33-37H2,2H3,(H,56,61)/t49-,54?/m0/s1. The molecule has 7 rings (SSSR count). The highest BCUT2D eigenvalue weighted by molar-refractivity contribution is 6.31. The van der Waals surface area contributed by atoms with Crippen molar-refractivity contribution in [1.82, 2.24) is 10.2 Å². The zero-order valence-corrected chi connectivity index (χ0v) is 37.3. The molecule has 0 aliphatic heterocycles. The first kappa shape index (κ1) is 45.8. The summed E-state index contributed by atoms with van der Waals surface area (Å²) in [6, 6.07) is 39.5. The smallest absolute Gasteiger partial charge is 0.407 e. The fourth-order valence-electron chi connectivity index (χ4n) is 9.25. The highest BCUT2D eigenvalue weighted by Crippen LogP contribution is 2.46. The lowest BCUT2D eigenvalue weighted by Gasteiger charge is -2.36. The molecular weight excluding hydrogens is 824 g/mol. The molecule has 1 N–H and O–H groups in total. The fraction of sp³-hybridized carbons (Fsp3) is 0.333. The van der Waals surface area contributed by atoms with E-state index in [1.165, 1.54) is 62.1 Å². The van der Waals surface area contributed by atoms with Crippen molar-refractivity contribution >= 4 is 35.5 Å². The predicted octanol–water partition coefficient (Wildman–Crippen LogP) is 11.3. The molecular formula is C54H57ClN2O7. The van der Waals surface area contributed by atoms with Crippen LogP contribution in [0.15, 0.2) is 140 Å². The van der Waals surface area contributed by atoms with Crippen LogP contribution in [0, 0.1) is 0 Å². The Morgan fingerprint density at radius 1 is 0.734 bits per heavy atom. The summed E-state index contributed by atoms with van der Waals surface area (Å²) in [5, 5.41) is 3.07. The van der Waals surface area contributed by atoms with Crippen LogP contribution < -0.4 is 5.32 Å². The topological polar surface area (TPSA) is 111 Å². The molecule has 1 unspecified atom stereocenters. The molecule has 2 amide bonds. The summed E-state index contributed by atoms with van der Waals surface area (Å²) < 4.78 is 17.7. The maximum absolute atomic E-state index is 14.7. The summed E-state index contributed by atoms with van der Waals surface area (Å²) in [6.45, 7) is 3.57. The van der Waals surface area contributed by atoms with Crippen molar-refractivity contribution in [3.05, 3.63) is 178 Å². The molecule has 1 saturated carbocycles. The van der Waals surface area contributed by atoms with Crippen LogP contribution in [0.1, 0.15) is 109 Å². The normalized spacial score (nSPS) is 15.4. The Bertz CT molecular complexity index is 2350. The van der Waals surface area contributed by atoms with Gasteiger partial charge in [0.1, 0.15) is 19.3 Å². The number of hydrogen-bond acceptors (Lipinski definition) is 7. The molecule has 10 heteroatoms. The van der Waals surface area contributed by atoms with Crippen LogP contribution >= 0.6 is 11.6 Å². The molecule has 5 aromatic rings. The van der Waals surface area contributed by atoms with E-state index in [2.05, 4.69) is 24.0 Å². The average molecular weight is 882 g/mol. The van der Waals surface area contributed by atoms with Crippen LogP contribution in [0.25, 0.3) is 11.1 Å². The summed E-state index contributed by atoms with van der Waals surface area (Å²) in [5.41, 5.74) is 5.75. The van der Waals surface area contributed by atoms with Crippen molar-refractivity contribution < 1.29 is 33.4 Å². The second-order valence-corrected chi connectivity index (χ2v) is 17.1. The molecule has 64 heavy (non-hydrogen) atoms. The van der Waals surface area contributed by atoms with Crippen LogP contribution in [0.5, 0.6) is 0 Å².